The van der Waals surface area contributed by atoms with E-state index in [0.717, 1.165) is 38.9 Å². The fourth-order valence-electron chi connectivity index (χ4n) is 1.73. The Morgan fingerprint density at radius 3 is 2.50 bits per heavy atom. The van der Waals surface area contributed by atoms with Crippen LogP contribution in [0.15, 0.2) is 0 Å². The van der Waals surface area contributed by atoms with E-state index in [2.05, 4.69) is 32.2 Å². The first-order valence-corrected chi connectivity index (χ1v) is 6.30. The van der Waals surface area contributed by atoms with Gasteiger partial charge in [0.15, 0.2) is 0 Å². The Morgan fingerprint density at radius 1 is 1.31 bits per heavy atom. The van der Waals surface area contributed by atoms with Crippen LogP contribution in [0.5, 0.6) is 0 Å². The summed E-state index contributed by atoms with van der Waals surface area (Å²) < 4.78 is 5.41. The number of nitrogens with one attached hydrogen (secondary N) is 1. The monoisotopic (exact) mass is 226 g/mol. The summed E-state index contributed by atoms with van der Waals surface area (Å²) in [5.41, 5.74) is -0.390. The van der Waals surface area contributed by atoms with Gasteiger partial charge in [-0.15, -0.1) is 0 Å². The fraction of sp³-hybridized carbons (Fsp3) is 0.923. The number of unbranched alkanes of at least 4 members (excludes halogenated alkanes) is 1. The van der Waals surface area contributed by atoms with Crippen molar-refractivity contribution in [1.82, 2.24) is 5.32 Å². The van der Waals surface area contributed by atoms with Crippen molar-refractivity contribution >= 4 is 0 Å². The third kappa shape index (κ3) is 7.67. The average molecular weight is 226 g/mol. The molecule has 0 saturated carbocycles. The lowest BCUT2D eigenvalue weighted by atomic mass is 9.96. The number of nitrogens with zero attached hydrogens (tertiary/aromatic N) is 1. The quantitative estimate of drug-likeness (QED) is 0.615. The zero-order valence-electron chi connectivity index (χ0n) is 11.2. The second-order valence-electron chi connectivity index (χ2n) is 4.81. The van der Waals surface area contributed by atoms with E-state index in [-0.39, 0.29) is 5.54 Å². The van der Waals surface area contributed by atoms with Crippen molar-refractivity contribution in [2.24, 2.45) is 0 Å². The number of hydrogen-bond acceptors (Lipinski definition) is 3. The van der Waals surface area contributed by atoms with Crippen LogP contribution in [0.2, 0.25) is 0 Å². The SMILES string of the molecule is CCCOCCCCC(C)(C#N)NC(C)C. The number of rotatable bonds is 9. The van der Waals surface area contributed by atoms with Crippen molar-refractivity contribution in [3.05, 3.63) is 0 Å². The Kier molecular flexibility index (Phi) is 8.23. The summed E-state index contributed by atoms with van der Waals surface area (Å²) in [7, 11) is 0. The molecule has 0 spiro atoms. The molecule has 0 rings (SSSR count). The first-order chi connectivity index (χ1) is 7.54. The molecule has 16 heavy (non-hydrogen) atoms. The molecule has 0 saturated heterocycles. The summed E-state index contributed by atoms with van der Waals surface area (Å²) in [5, 5.41) is 12.4. The molecule has 0 fully saturated rings. The van der Waals surface area contributed by atoms with E-state index in [1.807, 2.05) is 6.92 Å². The van der Waals surface area contributed by atoms with Crippen molar-refractivity contribution in [2.45, 2.75) is 65.0 Å². The molecule has 1 N–H and O–H groups in total. The van der Waals surface area contributed by atoms with E-state index in [1.54, 1.807) is 0 Å². The van der Waals surface area contributed by atoms with Crippen LogP contribution >= 0.6 is 0 Å². The molecule has 0 aliphatic carbocycles. The molecule has 94 valence electrons. The van der Waals surface area contributed by atoms with E-state index in [0.29, 0.717) is 6.04 Å². The predicted molar refractivity (Wildman–Crippen MR) is 67.3 cm³/mol. The smallest absolute Gasteiger partial charge is 0.104 e. The first kappa shape index (κ1) is 15.4. The lowest BCUT2D eigenvalue weighted by Crippen LogP contribution is -2.44. The van der Waals surface area contributed by atoms with E-state index in [1.165, 1.54) is 0 Å². The molecule has 0 aromatic carbocycles. The van der Waals surface area contributed by atoms with Crippen molar-refractivity contribution < 1.29 is 4.74 Å². The highest BCUT2D eigenvalue weighted by Crippen LogP contribution is 2.13. The van der Waals surface area contributed by atoms with E-state index < -0.39 is 0 Å². The maximum atomic E-state index is 9.13. The van der Waals surface area contributed by atoms with Crippen LogP contribution < -0.4 is 5.32 Å². The van der Waals surface area contributed by atoms with Crippen molar-refractivity contribution in [2.75, 3.05) is 13.2 Å². The van der Waals surface area contributed by atoms with Crippen LogP contribution in [-0.4, -0.2) is 24.8 Å². The normalized spacial score (nSPS) is 14.8. The predicted octanol–water partition coefficient (Wildman–Crippen LogP) is 2.86. The van der Waals surface area contributed by atoms with Crippen LogP contribution in [0, 0.1) is 11.3 Å². The molecule has 0 heterocycles. The van der Waals surface area contributed by atoms with E-state index >= 15 is 0 Å². The molecule has 0 amide bonds. The average Bonchev–Trinajstić information content (AvgIpc) is 2.22. The summed E-state index contributed by atoms with van der Waals surface area (Å²) in [4.78, 5) is 0. The van der Waals surface area contributed by atoms with Gasteiger partial charge in [-0.05, 0) is 46.5 Å². The first-order valence-electron chi connectivity index (χ1n) is 6.30. The van der Waals surface area contributed by atoms with E-state index in [4.69, 9.17) is 10.00 Å². The van der Waals surface area contributed by atoms with Crippen molar-refractivity contribution in [3.8, 4) is 6.07 Å². The van der Waals surface area contributed by atoms with Gasteiger partial charge in [0.05, 0.1) is 6.07 Å². The lowest BCUT2D eigenvalue weighted by Gasteiger charge is -2.25. The third-order valence-electron chi connectivity index (χ3n) is 2.42. The second-order valence-corrected chi connectivity index (χ2v) is 4.81. The van der Waals surface area contributed by atoms with Gasteiger partial charge < -0.3 is 4.74 Å². The molecule has 0 aliphatic rings. The van der Waals surface area contributed by atoms with E-state index in [9.17, 15) is 0 Å². The molecule has 1 atom stereocenters. The molecule has 3 heteroatoms. The molecule has 0 aliphatic heterocycles. The molecular formula is C13H26N2O. The number of nitriles is 1. The molecule has 0 aromatic heterocycles. The molecule has 0 aromatic rings. The molecule has 0 radical (unpaired) electrons. The minimum Gasteiger partial charge on any atom is -0.381 e. The molecular weight excluding hydrogens is 200 g/mol. The minimum absolute atomic E-state index is 0.348. The van der Waals surface area contributed by atoms with Gasteiger partial charge in [-0.3, -0.25) is 5.32 Å². The fourth-order valence-corrected chi connectivity index (χ4v) is 1.73. The summed E-state index contributed by atoms with van der Waals surface area (Å²) in [6, 6.07) is 2.71. The van der Waals surface area contributed by atoms with Gasteiger partial charge in [0, 0.05) is 19.3 Å². The van der Waals surface area contributed by atoms with Crippen LogP contribution in [0.25, 0.3) is 0 Å². The maximum Gasteiger partial charge on any atom is 0.104 e. The topological polar surface area (TPSA) is 45.0 Å². The largest absolute Gasteiger partial charge is 0.381 e. The van der Waals surface area contributed by atoms with Gasteiger partial charge in [0.2, 0.25) is 0 Å². The molecule has 3 nitrogen and oxygen atoms in total. The molecule has 0 bridgehead atoms. The minimum atomic E-state index is -0.390. The Balaban J connectivity index is 3.67. The van der Waals surface area contributed by atoms with Crippen LogP contribution in [0.3, 0.4) is 0 Å². The zero-order chi connectivity index (χ0) is 12.4. The zero-order valence-corrected chi connectivity index (χ0v) is 11.2. The summed E-state index contributed by atoms with van der Waals surface area (Å²) in [6.45, 7) is 9.88. The van der Waals surface area contributed by atoms with Gasteiger partial charge in [-0.25, -0.2) is 0 Å². The van der Waals surface area contributed by atoms with Gasteiger partial charge in [-0.1, -0.05) is 6.92 Å². The van der Waals surface area contributed by atoms with Crippen molar-refractivity contribution in [1.29, 1.82) is 5.26 Å². The lowest BCUT2D eigenvalue weighted by molar-refractivity contribution is 0.129. The summed E-state index contributed by atoms with van der Waals surface area (Å²) in [6.07, 6.45) is 4.03. The Bertz CT molecular complexity index is 210. The number of hydrogen-bond donors (Lipinski definition) is 1. The van der Waals surface area contributed by atoms with Gasteiger partial charge in [-0.2, -0.15) is 5.26 Å². The standard InChI is InChI=1S/C13H26N2O/c1-5-9-16-10-7-6-8-13(4,11-14)15-12(2)3/h12,15H,5-10H2,1-4H3. The Labute approximate surface area is 100 Å². The van der Waals surface area contributed by atoms with Gasteiger partial charge >= 0.3 is 0 Å². The van der Waals surface area contributed by atoms with Crippen LogP contribution in [-0.2, 0) is 4.74 Å². The highest BCUT2D eigenvalue weighted by molar-refractivity contribution is 5.04. The number of ether oxygens (including phenoxy) is 1. The third-order valence-corrected chi connectivity index (χ3v) is 2.42. The maximum absolute atomic E-state index is 9.13. The highest BCUT2D eigenvalue weighted by atomic mass is 16.5. The summed E-state index contributed by atoms with van der Waals surface area (Å²) >= 11 is 0. The second kappa shape index (κ2) is 8.55. The summed E-state index contributed by atoms with van der Waals surface area (Å²) in [5.74, 6) is 0. The molecule has 1 unspecified atom stereocenters. The van der Waals surface area contributed by atoms with Crippen LogP contribution in [0.1, 0.15) is 53.4 Å². The highest BCUT2D eigenvalue weighted by Gasteiger charge is 2.23. The van der Waals surface area contributed by atoms with Crippen molar-refractivity contribution in [3.63, 3.8) is 0 Å². The Hall–Kier alpha value is -0.590. The van der Waals surface area contributed by atoms with Gasteiger partial charge in [0.1, 0.15) is 5.54 Å². The van der Waals surface area contributed by atoms with Crippen LogP contribution in [0.4, 0.5) is 0 Å². The van der Waals surface area contributed by atoms with Gasteiger partial charge in [0.25, 0.3) is 0 Å². The Morgan fingerprint density at radius 2 is 2.00 bits per heavy atom.